The molecule has 1 saturated heterocycles. The average Bonchev–Trinajstić information content (AvgIpc) is 2.74. The van der Waals surface area contributed by atoms with E-state index in [-0.39, 0.29) is 18.0 Å². The van der Waals surface area contributed by atoms with Gasteiger partial charge in [0.05, 0.1) is 12.2 Å². The Morgan fingerprint density at radius 3 is 2.43 bits per heavy atom. The number of ether oxygens (including phenoxy) is 1. The van der Waals surface area contributed by atoms with Crippen LogP contribution in [0.3, 0.4) is 0 Å². The second kappa shape index (κ2) is 9.16. The maximum absolute atomic E-state index is 12.5. The third-order valence-electron chi connectivity index (χ3n) is 4.70. The number of nitrogens with one attached hydrogen (secondary N) is 1. The van der Waals surface area contributed by atoms with Crippen LogP contribution in [0.4, 0.5) is 16.4 Å². The standard InChI is InChI=1S/C20H25N5O3/c1-3-28-20(27)25-11-9-16(10-12-25)23-18(26)15-13-21-19(22-14-15)24(2)17-7-5-4-6-8-17/h4-8,13-14,16H,3,9-12H2,1-2H3,(H,23,26). The van der Waals surface area contributed by atoms with Crippen LogP contribution in [-0.4, -0.2) is 59.7 Å². The first kappa shape index (κ1) is 19.6. The van der Waals surface area contributed by atoms with Crippen molar-refractivity contribution in [3.05, 3.63) is 48.3 Å². The van der Waals surface area contributed by atoms with Crippen molar-refractivity contribution < 1.29 is 14.3 Å². The number of hydrogen-bond donors (Lipinski definition) is 1. The van der Waals surface area contributed by atoms with Crippen molar-refractivity contribution in [1.29, 1.82) is 0 Å². The molecule has 1 N–H and O–H groups in total. The van der Waals surface area contributed by atoms with Crippen LogP contribution in [0.1, 0.15) is 30.1 Å². The maximum Gasteiger partial charge on any atom is 0.409 e. The molecule has 0 spiro atoms. The van der Waals surface area contributed by atoms with Crippen molar-refractivity contribution in [3.63, 3.8) is 0 Å². The first-order valence-corrected chi connectivity index (χ1v) is 9.42. The molecule has 0 unspecified atom stereocenters. The van der Waals surface area contributed by atoms with E-state index in [2.05, 4.69) is 15.3 Å². The lowest BCUT2D eigenvalue weighted by Gasteiger charge is -2.31. The van der Waals surface area contributed by atoms with Crippen LogP contribution in [0, 0.1) is 0 Å². The number of nitrogens with zero attached hydrogens (tertiary/aromatic N) is 4. The molecule has 148 valence electrons. The van der Waals surface area contributed by atoms with Crippen LogP contribution < -0.4 is 10.2 Å². The molecule has 1 aliphatic heterocycles. The predicted molar refractivity (Wildman–Crippen MR) is 106 cm³/mol. The fourth-order valence-electron chi connectivity index (χ4n) is 3.07. The fourth-order valence-corrected chi connectivity index (χ4v) is 3.07. The number of aromatic nitrogens is 2. The third-order valence-corrected chi connectivity index (χ3v) is 4.70. The molecule has 1 aromatic carbocycles. The van der Waals surface area contributed by atoms with Crippen molar-refractivity contribution in [2.45, 2.75) is 25.8 Å². The van der Waals surface area contributed by atoms with Crippen LogP contribution in [0.5, 0.6) is 0 Å². The van der Waals surface area contributed by atoms with Crippen molar-refractivity contribution in [1.82, 2.24) is 20.2 Å². The Morgan fingerprint density at radius 1 is 1.18 bits per heavy atom. The minimum atomic E-state index is -0.293. The van der Waals surface area contributed by atoms with Gasteiger partial charge in [-0.2, -0.15) is 0 Å². The van der Waals surface area contributed by atoms with Crippen LogP contribution in [0.2, 0.25) is 0 Å². The third kappa shape index (κ3) is 4.76. The molecule has 8 nitrogen and oxygen atoms in total. The molecule has 0 saturated carbocycles. The number of hydrogen-bond acceptors (Lipinski definition) is 6. The van der Waals surface area contributed by atoms with Gasteiger partial charge in [0.15, 0.2) is 0 Å². The largest absolute Gasteiger partial charge is 0.450 e. The fraction of sp³-hybridized carbons (Fsp3) is 0.400. The highest BCUT2D eigenvalue weighted by Crippen LogP contribution is 2.19. The van der Waals surface area contributed by atoms with Crippen molar-refractivity contribution in [2.24, 2.45) is 0 Å². The van der Waals surface area contributed by atoms with Gasteiger partial charge >= 0.3 is 6.09 Å². The molecule has 1 fully saturated rings. The number of likely N-dealkylation sites (tertiary alicyclic amines) is 1. The summed E-state index contributed by atoms with van der Waals surface area (Å²) in [6.45, 7) is 3.29. The number of anilines is 2. The van der Waals surface area contributed by atoms with Gasteiger partial charge in [-0.25, -0.2) is 14.8 Å². The zero-order valence-corrected chi connectivity index (χ0v) is 16.2. The topological polar surface area (TPSA) is 87.7 Å². The van der Waals surface area contributed by atoms with Gasteiger partial charge in [0.2, 0.25) is 5.95 Å². The van der Waals surface area contributed by atoms with E-state index in [1.165, 1.54) is 12.4 Å². The summed E-state index contributed by atoms with van der Waals surface area (Å²) >= 11 is 0. The molecule has 1 aromatic heterocycles. The molecular formula is C20H25N5O3. The van der Waals surface area contributed by atoms with E-state index in [1.807, 2.05) is 42.3 Å². The Hall–Kier alpha value is -3.16. The lowest BCUT2D eigenvalue weighted by atomic mass is 10.1. The van der Waals surface area contributed by atoms with Gasteiger partial charge in [0.1, 0.15) is 0 Å². The minimum absolute atomic E-state index is 0.0184. The normalized spacial score (nSPS) is 14.4. The molecular weight excluding hydrogens is 358 g/mol. The van der Waals surface area contributed by atoms with Gasteiger partial charge in [0.25, 0.3) is 5.91 Å². The Balaban J connectivity index is 1.53. The molecule has 2 aromatic rings. The van der Waals surface area contributed by atoms with Gasteiger partial charge in [-0.1, -0.05) is 18.2 Å². The van der Waals surface area contributed by atoms with E-state index in [4.69, 9.17) is 4.74 Å². The molecule has 28 heavy (non-hydrogen) atoms. The molecule has 0 atom stereocenters. The predicted octanol–water partition coefficient (Wildman–Crippen LogP) is 2.60. The Morgan fingerprint density at radius 2 is 1.82 bits per heavy atom. The van der Waals surface area contributed by atoms with Gasteiger partial charge in [0, 0.05) is 44.3 Å². The van der Waals surface area contributed by atoms with E-state index >= 15 is 0 Å². The van der Waals surface area contributed by atoms with E-state index in [1.54, 1.807) is 11.8 Å². The van der Waals surface area contributed by atoms with Gasteiger partial charge in [-0.3, -0.25) is 4.79 Å². The van der Waals surface area contributed by atoms with E-state index < -0.39 is 0 Å². The minimum Gasteiger partial charge on any atom is -0.450 e. The molecule has 8 heteroatoms. The lowest BCUT2D eigenvalue weighted by molar-refractivity contribution is 0.0859. The molecule has 0 radical (unpaired) electrons. The number of carbonyl (C=O) groups is 2. The summed E-state index contributed by atoms with van der Waals surface area (Å²) in [6.07, 6.45) is 4.16. The number of benzene rings is 1. The van der Waals surface area contributed by atoms with Gasteiger partial charge < -0.3 is 19.9 Å². The average molecular weight is 383 g/mol. The smallest absolute Gasteiger partial charge is 0.409 e. The van der Waals surface area contributed by atoms with Crippen LogP contribution in [0.15, 0.2) is 42.7 Å². The summed E-state index contributed by atoms with van der Waals surface area (Å²) in [5.41, 5.74) is 1.38. The number of piperidine rings is 1. The molecule has 3 rings (SSSR count). The van der Waals surface area contributed by atoms with Crippen LogP contribution in [0.25, 0.3) is 0 Å². The summed E-state index contributed by atoms with van der Waals surface area (Å²) < 4.78 is 5.01. The van der Waals surface area contributed by atoms with Crippen molar-refractivity contribution in [3.8, 4) is 0 Å². The maximum atomic E-state index is 12.5. The lowest BCUT2D eigenvalue weighted by Crippen LogP contribution is -2.46. The molecule has 1 aliphatic rings. The quantitative estimate of drug-likeness (QED) is 0.854. The summed E-state index contributed by atoms with van der Waals surface area (Å²) in [4.78, 5) is 36.3. The number of carbonyl (C=O) groups excluding carboxylic acids is 2. The summed E-state index contributed by atoms with van der Waals surface area (Å²) in [5, 5.41) is 3.00. The Labute approximate surface area is 164 Å². The number of para-hydroxylation sites is 1. The van der Waals surface area contributed by atoms with E-state index in [0.29, 0.717) is 44.0 Å². The van der Waals surface area contributed by atoms with Gasteiger partial charge in [-0.15, -0.1) is 0 Å². The Bertz CT molecular complexity index is 789. The highest BCUT2D eigenvalue weighted by Gasteiger charge is 2.25. The summed E-state index contributed by atoms with van der Waals surface area (Å²) in [6, 6.07) is 9.79. The van der Waals surface area contributed by atoms with Crippen LogP contribution >= 0.6 is 0 Å². The second-order valence-corrected chi connectivity index (χ2v) is 6.60. The molecule has 0 bridgehead atoms. The van der Waals surface area contributed by atoms with Crippen molar-refractivity contribution >= 4 is 23.6 Å². The van der Waals surface area contributed by atoms with E-state index in [9.17, 15) is 9.59 Å². The Kier molecular flexibility index (Phi) is 6.41. The summed E-state index contributed by atoms with van der Waals surface area (Å²) in [7, 11) is 1.88. The first-order chi connectivity index (χ1) is 13.6. The zero-order valence-electron chi connectivity index (χ0n) is 16.2. The van der Waals surface area contributed by atoms with Crippen LogP contribution in [-0.2, 0) is 4.74 Å². The monoisotopic (exact) mass is 383 g/mol. The first-order valence-electron chi connectivity index (χ1n) is 9.42. The number of rotatable bonds is 5. The highest BCUT2D eigenvalue weighted by atomic mass is 16.6. The van der Waals surface area contributed by atoms with E-state index in [0.717, 1.165) is 5.69 Å². The molecule has 2 amide bonds. The highest BCUT2D eigenvalue weighted by molar-refractivity contribution is 5.93. The zero-order chi connectivity index (χ0) is 19.9. The molecule has 2 heterocycles. The number of amides is 2. The van der Waals surface area contributed by atoms with Gasteiger partial charge in [-0.05, 0) is 31.9 Å². The second-order valence-electron chi connectivity index (χ2n) is 6.60. The van der Waals surface area contributed by atoms with Crippen molar-refractivity contribution in [2.75, 3.05) is 31.6 Å². The molecule has 0 aliphatic carbocycles. The SMILES string of the molecule is CCOC(=O)N1CCC(NC(=O)c2cnc(N(C)c3ccccc3)nc2)CC1. The summed E-state index contributed by atoms with van der Waals surface area (Å²) in [5.74, 6) is 0.314.